The van der Waals surface area contributed by atoms with Crippen molar-refractivity contribution in [2.75, 3.05) is 4.90 Å². The van der Waals surface area contributed by atoms with E-state index in [2.05, 4.69) is 11.9 Å². The molecule has 2 aromatic carbocycles. The molecule has 0 saturated carbocycles. The molecule has 4 nitrogen and oxygen atoms in total. The van der Waals surface area contributed by atoms with Crippen LogP contribution in [-0.4, -0.2) is 11.0 Å². The Labute approximate surface area is 135 Å². The number of carbonyl (C=O) groups excluding carboxylic acids is 1. The number of nitrogens with two attached hydrogens (primary N) is 1. The number of aromatic nitrogens is 1. The fraction of sp³-hybridized carbons (Fsp3) is 0.211. The van der Waals surface area contributed by atoms with Gasteiger partial charge in [0, 0.05) is 16.6 Å². The van der Waals surface area contributed by atoms with E-state index in [1.807, 2.05) is 54.6 Å². The lowest BCUT2D eigenvalue weighted by atomic mass is 10.1. The molecule has 0 aliphatic rings. The van der Waals surface area contributed by atoms with Gasteiger partial charge in [-0.2, -0.15) is 0 Å². The lowest BCUT2D eigenvalue weighted by molar-refractivity contribution is 0.256. The van der Waals surface area contributed by atoms with Crippen LogP contribution in [0, 0.1) is 0 Å². The number of carbonyl (C=O) groups is 1. The molecule has 0 radical (unpaired) electrons. The van der Waals surface area contributed by atoms with E-state index in [4.69, 9.17) is 5.73 Å². The fourth-order valence-electron chi connectivity index (χ4n) is 2.92. The van der Waals surface area contributed by atoms with E-state index in [0.29, 0.717) is 0 Å². The van der Waals surface area contributed by atoms with E-state index >= 15 is 0 Å². The molecule has 0 bridgehead atoms. The Balaban J connectivity index is 2.20. The van der Waals surface area contributed by atoms with Crippen LogP contribution >= 0.6 is 0 Å². The highest BCUT2D eigenvalue weighted by atomic mass is 16.2. The van der Waals surface area contributed by atoms with Crippen molar-refractivity contribution in [2.45, 2.75) is 26.2 Å². The number of benzene rings is 2. The van der Waals surface area contributed by atoms with Crippen molar-refractivity contribution in [1.82, 2.24) is 4.98 Å². The van der Waals surface area contributed by atoms with Crippen LogP contribution in [0.5, 0.6) is 0 Å². The second-order valence-electron chi connectivity index (χ2n) is 5.61. The Hall–Kier alpha value is -2.75. The molecule has 3 aromatic rings. The maximum absolute atomic E-state index is 12.2. The van der Waals surface area contributed by atoms with Gasteiger partial charge in [-0.05, 0) is 31.0 Å². The number of nitrogens with one attached hydrogen (secondary N) is 1. The van der Waals surface area contributed by atoms with Gasteiger partial charge in [0.2, 0.25) is 0 Å². The Morgan fingerprint density at radius 1 is 1.09 bits per heavy atom. The third-order valence-corrected chi connectivity index (χ3v) is 3.99. The normalized spacial score (nSPS) is 10.8. The van der Waals surface area contributed by atoms with Crippen molar-refractivity contribution < 1.29 is 4.79 Å². The van der Waals surface area contributed by atoms with Crippen LogP contribution in [0.2, 0.25) is 0 Å². The zero-order valence-corrected chi connectivity index (χ0v) is 13.3. The highest BCUT2D eigenvalue weighted by Gasteiger charge is 2.22. The number of amides is 2. The predicted molar refractivity (Wildman–Crippen MR) is 95.1 cm³/mol. The number of hydrogen-bond acceptors (Lipinski definition) is 1. The van der Waals surface area contributed by atoms with E-state index in [1.54, 1.807) is 4.90 Å². The molecule has 0 fully saturated rings. The molecular weight excluding hydrogens is 286 g/mol. The number of urea groups is 1. The minimum Gasteiger partial charge on any atom is -0.357 e. The van der Waals surface area contributed by atoms with Crippen molar-refractivity contribution in [3.05, 3.63) is 60.3 Å². The van der Waals surface area contributed by atoms with E-state index in [-0.39, 0.29) is 0 Å². The molecule has 3 rings (SSSR count). The van der Waals surface area contributed by atoms with Crippen molar-refractivity contribution in [2.24, 2.45) is 5.73 Å². The van der Waals surface area contributed by atoms with Crippen LogP contribution in [0.4, 0.5) is 16.2 Å². The first-order valence-corrected chi connectivity index (χ1v) is 7.96. The van der Waals surface area contributed by atoms with Crippen molar-refractivity contribution in [3.63, 3.8) is 0 Å². The third-order valence-electron chi connectivity index (χ3n) is 3.99. The molecule has 0 atom stereocenters. The van der Waals surface area contributed by atoms with Crippen LogP contribution in [0.25, 0.3) is 10.9 Å². The molecule has 0 unspecified atom stereocenters. The smallest absolute Gasteiger partial charge is 0.323 e. The summed E-state index contributed by atoms with van der Waals surface area (Å²) < 4.78 is 0. The zero-order chi connectivity index (χ0) is 16.2. The van der Waals surface area contributed by atoms with Gasteiger partial charge in [0.05, 0.1) is 11.4 Å². The van der Waals surface area contributed by atoms with Crippen LogP contribution in [-0.2, 0) is 6.42 Å². The summed E-state index contributed by atoms with van der Waals surface area (Å²) in [7, 11) is 0. The van der Waals surface area contributed by atoms with Gasteiger partial charge in [-0.3, -0.25) is 4.90 Å². The molecule has 0 aliphatic heterocycles. The molecule has 4 heteroatoms. The number of aromatic amines is 1. The lowest BCUT2D eigenvalue weighted by Crippen LogP contribution is -2.32. The van der Waals surface area contributed by atoms with Crippen LogP contribution in [0.1, 0.15) is 25.5 Å². The monoisotopic (exact) mass is 307 g/mol. The lowest BCUT2D eigenvalue weighted by Gasteiger charge is -2.21. The number of H-pyrrole nitrogens is 1. The quantitative estimate of drug-likeness (QED) is 0.703. The van der Waals surface area contributed by atoms with Gasteiger partial charge in [0.15, 0.2) is 0 Å². The molecule has 2 amide bonds. The number of unbranched alkanes of at least 4 members (excludes halogenated alkanes) is 1. The average molecular weight is 307 g/mol. The number of para-hydroxylation sites is 2. The molecule has 118 valence electrons. The summed E-state index contributed by atoms with van der Waals surface area (Å²) in [4.78, 5) is 17.3. The van der Waals surface area contributed by atoms with Gasteiger partial charge < -0.3 is 10.7 Å². The summed E-state index contributed by atoms with van der Waals surface area (Å²) in [6.07, 6.45) is 3.04. The van der Waals surface area contributed by atoms with Crippen molar-refractivity contribution in [3.8, 4) is 0 Å². The molecule has 3 N–H and O–H groups in total. The highest BCUT2D eigenvalue weighted by molar-refractivity contribution is 6.08. The number of nitrogens with zero attached hydrogens (tertiary/aromatic N) is 1. The number of primary amides is 1. The Morgan fingerprint density at radius 2 is 1.78 bits per heavy atom. The fourth-order valence-corrected chi connectivity index (χ4v) is 2.92. The maximum Gasteiger partial charge on any atom is 0.323 e. The summed E-state index contributed by atoms with van der Waals surface area (Å²) in [5.74, 6) is 0. The van der Waals surface area contributed by atoms with Gasteiger partial charge in [-0.25, -0.2) is 4.79 Å². The van der Waals surface area contributed by atoms with Gasteiger partial charge in [-0.1, -0.05) is 49.7 Å². The first-order chi connectivity index (χ1) is 11.2. The van der Waals surface area contributed by atoms with Gasteiger partial charge in [0.1, 0.15) is 0 Å². The van der Waals surface area contributed by atoms with Crippen LogP contribution in [0.15, 0.2) is 54.6 Å². The van der Waals surface area contributed by atoms with Crippen LogP contribution in [0.3, 0.4) is 0 Å². The highest BCUT2D eigenvalue weighted by Crippen LogP contribution is 2.36. The molecule has 0 aliphatic carbocycles. The maximum atomic E-state index is 12.2. The first-order valence-electron chi connectivity index (χ1n) is 7.96. The number of rotatable bonds is 5. The molecule has 0 spiro atoms. The molecule has 0 saturated heterocycles. The average Bonchev–Trinajstić information content (AvgIpc) is 2.92. The topological polar surface area (TPSA) is 62.1 Å². The van der Waals surface area contributed by atoms with Gasteiger partial charge in [-0.15, -0.1) is 0 Å². The molecule has 23 heavy (non-hydrogen) atoms. The number of anilines is 2. The summed E-state index contributed by atoms with van der Waals surface area (Å²) >= 11 is 0. The number of hydrogen-bond donors (Lipinski definition) is 2. The number of aryl methyl sites for hydroxylation is 1. The van der Waals surface area contributed by atoms with E-state index in [1.165, 1.54) is 0 Å². The van der Waals surface area contributed by atoms with E-state index < -0.39 is 6.03 Å². The minimum atomic E-state index is -0.473. The molecule has 1 aromatic heterocycles. The second-order valence-corrected chi connectivity index (χ2v) is 5.61. The second kappa shape index (κ2) is 6.57. The summed E-state index contributed by atoms with van der Waals surface area (Å²) in [6.45, 7) is 2.16. The summed E-state index contributed by atoms with van der Waals surface area (Å²) in [6, 6.07) is 17.1. The Bertz CT molecular complexity index is 808. The van der Waals surface area contributed by atoms with E-state index in [9.17, 15) is 4.79 Å². The standard InChI is InChI=1S/C19H21N3O/c1-2-3-12-17-18(15-11-7-8-13-16(15)21-17)22(19(20)23)14-9-5-4-6-10-14/h4-11,13,21H,2-3,12H2,1H3,(H2,20,23). The van der Waals surface area contributed by atoms with Gasteiger partial charge in [0.25, 0.3) is 0 Å². The molecular formula is C19H21N3O. The van der Waals surface area contributed by atoms with Gasteiger partial charge >= 0.3 is 6.03 Å². The van der Waals surface area contributed by atoms with Crippen LogP contribution < -0.4 is 10.6 Å². The zero-order valence-electron chi connectivity index (χ0n) is 13.3. The minimum absolute atomic E-state index is 0.473. The first kappa shape index (κ1) is 15.2. The van der Waals surface area contributed by atoms with Crippen molar-refractivity contribution >= 4 is 28.3 Å². The predicted octanol–water partition coefficient (Wildman–Crippen LogP) is 4.73. The Morgan fingerprint density at radius 3 is 2.48 bits per heavy atom. The third kappa shape index (κ3) is 2.93. The SMILES string of the molecule is CCCCc1[nH]c2ccccc2c1N(C(N)=O)c1ccccc1. The van der Waals surface area contributed by atoms with E-state index in [0.717, 1.165) is 47.2 Å². The largest absolute Gasteiger partial charge is 0.357 e. The molecule has 1 heterocycles. The summed E-state index contributed by atoms with van der Waals surface area (Å²) in [5, 5.41) is 1.02. The number of fused-ring (bicyclic) bond motifs is 1. The Kier molecular flexibility index (Phi) is 4.33. The van der Waals surface area contributed by atoms with Crippen molar-refractivity contribution in [1.29, 1.82) is 0 Å². The summed E-state index contributed by atoms with van der Waals surface area (Å²) in [5.41, 5.74) is 9.45.